The number of rotatable bonds is 2. The van der Waals surface area contributed by atoms with E-state index in [1.54, 1.807) is 6.07 Å². The zero-order chi connectivity index (χ0) is 10.1. The third kappa shape index (κ3) is 2.38. The fraction of sp³-hybridized carbons (Fsp3) is 0.455. The van der Waals surface area contributed by atoms with Crippen molar-refractivity contribution < 1.29 is 0 Å². The molecule has 0 bridgehead atoms. The number of halogens is 2. The van der Waals surface area contributed by atoms with Crippen LogP contribution in [0.25, 0.3) is 0 Å². The molecule has 1 rings (SSSR count). The normalized spacial score (nSPS) is 11.8. The topological polar surface area (TPSA) is 0 Å². The van der Waals surface area contributed by atoms with E-state index < -0.39 is 0 Å². The Bertz CT molecular complexity index is 303. The predicted molar refractivity (Wildman–Crippen MR) is 59.8 cm³/mol. The lowest BCUT2D eigenvalue weighted by Gasteiger charge is -2.24. The second-order valence-electron chi connectivity index (χ2n) is 3.86. The molecule has 0 saturated carbocycles. The smallest absolute Gasteiger partial charge is 0.0458 e. The summed E-state index contributed by atoms with van der Waals surface area (Å²) in [6, 6.07) is 5.70. The molecule has 0 unspecified atom stereocenters. The molecule has 1 aromatic rings. The van der Waals surface area contributed by atoms with Crippen LogP contribution in [0.1, 0.15) is 32.8 Å². The quantitative estimate of drug-likeness (QED) is 0.674. The van der Waals surface area contributed by atoms with E-state index in [0.29, 0.717) is 5.02 Å². The van der Waals surface area contributed by atoms with Crippen LogP contribution >= 0.6 is 23.2 Å². The van der Waals surface area contributed by atoms with Crippen molar-refractivity contribution in [3.05, 3.63) is 33.8 Å². The Morgan fingerprint density at radius 1 is 1.23 bits per heavy atom. The zero-order valence-electron chi connectivity index (χ0n) is 8.20. The lowest BCUT2D eigenvalue weighted by atomic mass is 9.82. The molecule has 72 valence electrons. The van der Waals surface area contributed by atoms with Gasteiger partial charge in [-0.05, 0) is 29.5 Å². The molecular formula is C11H14Cl2. The third-order valence-electron chi connectivity index (χ3n) is 2.54. The van der Waals surface area contributed by atoms with Gasteiger partial charge in [0.1, 0.15) is 0 Å². The van der Waals surface area contributed by atoms with Crippen LogP contribution in [-0.2, 0) is 5.41 Å². The summed E-state index contributed by atoms with van der Waals surface area (Å²) in [5.41, 5.74) is 1.29. The van der Waals surface area contributed by atoms with Gasteiger partial charge in [-0.3, -0.25) is 0 Å². The first-order chi connectivity index (χ1) is 5.97. The minimum absolute atomic E-state index is 0.127. The molecule has 0 aromatic heterocycles. The lowest BCUT2D eigenvalue weighted by molar-refractivity contribution is 0.506. The van der Waals surface area contributed by atoms with Crippen molar-refractivity contribution in [1.82, 2.24) is 0 Å². The molecule has 0 aliphatic heterocycles. The Kier molecular flexibility index (Phi) is 3.26. The molecule has 0 amide bonds. The summed E-state index contributed by atoms with van der Waals surface area (Å²) in [6.07, 6.45) is 1.06. The zero-order valence-corrected chi connectivity index (χ0v) is 9.71. The van der Waals surface area contributed by atoms with Crippen molar-refractivity contribution >= 4 is 23.2 Å². The molecule has 2 heteroatoms. The van der Waals surface area contributed by atoms with Gasteiger partial charge < -0.3 is 0 Å². The maximum Gasteiger partial charge on any atom is 0.0458 e. The molecule has 0 heterocycles. The number of hydrogen-bond donors (Lipinski definition) is 0. The minimum atomic E-state index is 0.127. The van der Waals surface area contributed by atoms with E-state index in [1.807, 2.05) is 12.1 Å². The standard InChI is InChI=1S/C11H14Cl2/c1-4-11(2,3)9-6-5-8(12)7-10(9)13/h5-7H,4H2,1-3H3. The van der Waals surface area contributed by atoms with Crippen LogP contribution in [0.15, 0.2) is 18.2 Å². The molecule has 0 fully saturated rings. The van der Waals surface area contributed by atoms with Gasteiger partial charge in [0, 0.05) is 10.0 Å². The van der Waals surface area contributed by atoms with Crippen molar-refractivity contribution in [2.75, 3.05) is 0 Å². The van der Waals surface area contributed by atoms with Gasteiger partial charge in [-0.1, -0.05) is 50.0 Å². The van der Waals surface area contributed by atoms with Gasteiger partial charge in [0.25, 0.3) is 0 Å². The molecule has 0 saturated heterocycles. The lowest BCUT2D eigenvalue weighted by Crippen LogP contribution is -2.15. The first kappa shape index (κ1) is 10.9. The minimum Gasteiger partial charge on any atom is -0.0843 e. The summed E-state index contributed by atoms with van der Waals surface area (Å²) in [4.78, 5) is 0. The van der Waals surface area contributed by atoms with E-state index in [4.69, 9.17) is 23.2 Å². The fourth-order valence-corrected chi connectivity index (χ4v) is 1.89. The summed E-state index contributed by atoms with van der Waals surface area (Å²) in [5, 5.41) is 1.46. The molecule has 0 aliphatic carbocycles. The first-order valence-electron chi connectivity index (χ1n) is 4.43. The van der Waals surface area contributed by atoms with Gasteiger partial charge in [0.2, 0.25) is 0 Å². The van der Waals surface area contributed by atoms with Crippen LogP contribution in [0.4, 0.5) is 0 Å². The Morgan fingerprint density at radius 2 is 1.85 bits per heavy atom. The maximum absolute atomic E-state index is 6.11. The van der Waals surface area contributed by atoms with E-state index in [0.717, 1.165) is 11.4 Å². The Balaban J connectivity index is 3.16. The van der Waals surface area contributed by atoms with Gasteiger partial charge in [0.15, 0.2) is 0 Å². The molecular weight excluding hydrogens is 203 g/mol. The molecule has 0 nitrogen and oxygen atoms in total. The highest BCUT2D eigenvalue weighted by Crippen LogP contribution is 2.33. The van der Waals surface area contributed by atoms with E-state index in [9.17, 15) is 0 Å². The van der Waals surface area contributed by atoms with Gasteiger partial charge >= 0.3 is 0 Å². The number of hydrogen-bond acceptors (Lipinski definition) is 0. The van der Waals surface area contributed by atoms with Gasteiger partial charge in [-0.2, -0.15) is 0 Å². The SMILES string of the molecule is CCC(C)(C)c1ccc(Cl)cc1Cl. The Morgan fingerprint density at radius 3 is 2.31 bits per heavy atom. The van der Waals surface area contributed by atoms with Crippen molar-refractivity contribution in [2.45, 2.75) is 32.6 Å². The third-order valence-corrected chi connectivity index (χ3v) is 3.09. The number of benzene rings is 1. The van der Waals surface area contributed by atoms with Gasteiger partial charge in [0.05, 0.1) is 0 Å². The largest absolute Gasteiger partial charge is 0.0843 e. The van der Waals surface area contributed by atoms with Crippen molar-refractivity contribution in [3.63, 3.8) is 0 Å². The van der Waals surface area contributed by atoms with Crippen LogP contribution in [-0.4, -0.2) is 0 Å². The highest BCUT2D eigenvalue weighted by molar-refractivity contribution is 6.35. The van der Waals surface area contributed by atoms with E-state index in [1.165, 1.54) is 5.56 Å². The van der Waals surface area contributed by atoms with Gasteiger partial charge in [-0.15, -0.1) is 0 Å². The molecule has 13 heavy (non-hydrogen) atoms. The molecule has 0 radical (unpaired) electrons. The summed E-state index contributed by atoms with van der Waals surface area (Å²) in [7, 11) is 0. The average Bonchev–Trinajstić information content (AvgIpc) is 2.03. The van der Waals surface area contributed by atoms with Gasteiger partial charge in [-0.25, -0.2) is 0 Å². The molecule has 1 aromatic carbocycles. The Labute approximate surface area is 89.9 Å². The van der Waals surface area contributed by atoms with Crippen LogP contribution in [0, 0.1) is 0 Å². The Hall–Kier alpha value is -0.200. The van der Waals surface area contributed by atoms with E-state index >= 15 is 0 Å². The van der Waals surface area contributed by atoms with Crippen LogP contribution in [0.3, 0.4) is 0 Å². The average molecular weight is 217 g/mol. The molecule has 0 spiro atoms. The van der Waals surface area contributed by atoms with Crippen LogP contribution in [0.5, 0.6) is 0 Å². The maximum atomic E-state index is 6.11. The van der Waals surface area contributed by atoms with Crippen LogP contribution in [0.2, 0.25) is 10.0 Å². The van der Waals surface area contributed by atoms with E-state index in [-0.39, 0.29) is 5.41 Å². The monoisotopic (exact) mass is 216 g/mol. The molecule has 0 N–H and O–H groups in total. The second-order valence-corrected chi connectivity index (χ2v) is 4.71. The van der Waals surface area contributed by atoms with Crippen LogP contribution < -0.4 is 0 Å². The van der Waals surface area contributed by atoms with E-state index in [2.05, 4.69) is 20.8 Å². The fourth-order valence-electron chi connectivity index (χ4n) is 1.23. The van der Waals surface area contributed by atoms with Crippen molar-refractivity contribution in [2.24, 2.45) is 0 Å². The van der Waals surface area contributed by atoms with Crippen molar-refractivity contribution in [1.29, 1.82) is 0 Å². The second kappa shape index (κ2) is 3.89. The predicted octanol–water partition coefficient (Wildman–Crippen LogP) is 4.68. The highest BCUT2D eigenvalue weighted by atomic mass is 35.5. The summed E-state index contributed by atoms with van der Waals surface area (Å²) in [6.45, 7) is 6.52. The molecule has 0 atom stereocenters. The molecule has 0 aliphatic rings. The summed E-state index contributed by atoms with van der Waals surface area (Å²) in [5.74, 6) is 0. The van der Waals surface area contributed by atoms with Crippen molar-refractivity contribution in [3.8, 4) is 0 Å². The summed E-state index contributed by atoms with van der Waals surface area (Å²) >= 11 is 11.9. The first-order valence-corrected chi connectivity index (χ1v) is 5.18. The summed E-state index contributed by atoms with van der Waals surface area (Å²) < 4.78 is 0. The highest BCUT2D eigenvalue weighted by Gasteiger charge is 2.20.